The molecule has 0 bridgehead atoms. The van der Waals surface area contributed by atoms with Gasteiger partial charge in [0.25, 0.3) is 5.91 Å². The van der Waals surface area contributed by atoms with E-state index in [9.17, 15) is 9.59 Å². The Labute approximate surface area is 81.1 Å². The van der Waals surface area contributed by atoms with Crippen molar-refractivity contribution in [1.82, 2.24) is 10.4 Å². The van der Waals surface area contributed by atoms with E-state index in [1.54, 1.807) is 18.5 Å². The summed E-state index contributed by atoms with van der Waals surface area (Å²) in [5.74, 6) is 1.03. The number of amides is 1. The molecule has 72 valence electrons. The number of carbonyl (C=O) groups is 1. The molecule has 1 N–H and O–H groups in total. The first-order valence-corrected chi connectivity index (χ1v) is 3.95. The van der Waals surface area contributed by atoms with Crippen molar-refractivity contribution in [2.24, 2.45) is 4.99 Å². The zero-order chi connectivity index (χ0) is 10.4. The van der Waals surface area contributed by atoms with Crippen molar-refractivity contribution in [3.63, 3.8) is 0 Å². The molecule has 5 nitrogen and oxygen atoms in total. The fraction of sp³-hybridized carbons (Fsp3) is 0.222. The molecule has 0 atom stereocenters. The van der Waals surface area contributed by atoms with E-state index < -0.39 is 5.91 Å². The molecule has 0 aromatic rings. The summed E-state index contributed by atoms with van der Waals surface area (Å²) < 4.78 is 0. The van der Waals surface area contributed by atoms with E-state index in [1.165, 1.54) is 17.9 Å². The molecule has 0 saturated carbocycles. The van der Waals surface area contributed by atoms with E-state index in [1.807, 2.05) is 0 Å². The highest BCUT2D eigenvalue weighted by molar-refractivity contribution is 5.93. The van der Waals surface area contributed by atoms with Crippen molar-refractivity contribution < 1.29 is 9.59 Å². The summed E-state index contributed by atoms with van der Waals surface area (Å²) in [5, 5.41) is 1.50. The Morgan fingerprint density at radius 3 is 3.00 bits per heavy atom. The summed E-state index contributed by atoms with van der Waals surface area (Å²) in [6.07, 6.45) is 5.00. The Bertz CT molecular complexity index is 372. The summed E-state index contributed by atoms with van der Waals surface area (Å²) in [6.45, 7) is 1.84. The van der Waals surface area contributed by atoms with Crippen LogP contribution in [0, 0.1) is 0 Å². The maximum atomic E-state index is 11.3. The Kier molecular flexibility index (Phi) is 3.44. The molecule has 0 aromatic carbocycles. The highest BCUT2D eigenvalue weighted by atomic mass is 16.2. The monoisotopic (exact) mass is 191 g/mol. The van der Waals surface area contributed by atoms with Crippen molar-refractivity contribution in [2.75, 3.05) is 6.67 Å². The largest absolute Gasteiger partial charge is 0.274 e. The summed E-state index contributed by atoms with van der Waals surface area (Å²) >= 11 is 0. The molecule has 0 aliphatic carbocycles. The van der Waals surface area contributed by atoms with Crippen LogP contribution >= 0.6 is 0 Å². The van der Waals surface area contributed by atoms with Crippen molar-refractivity contribution in [1.29, 1.82) is 0 Å². The van der Waals surface area contributed by atoms with Gasteiger partial charge < -0.3 is 0 Å². The topological polar surface area (TPSA) is 61.8 Å². The van der Waals surface area contributed by atoms with Gasteiger partial charge in [-0.25, -0.2) is 4.79 Å². The summed E-state index contributed by atoms with van der Waals surface area (Å²) in [5.41, 5.74) is 4.85. The molecule has 5 heteroatoms. The Hall–Kier alpha value is -2.09. The minimum Gasteiger partial charge on any atom is -0.271 e. The molecule has 14 heavy (non-hydrogen) atoms. The first kappa shape index (κ1) is 9.99. The molecular weight excluding hydrogens is 182 g/mol. The maximum absolute atomic E-state index is 11.3. The lowest BCUT2D eigenvalue weighted by Crippen LogP contribution is -2.39. The van der Waals surface area contributed by atoms with E-state index in [-0.39, 0.29) is 5.57 Å². The van der Waals surface area contributed by atoms with Gasteiger partial charge in [0.15, 0.2) is 5.94 Å². The Balaban J connectivity index is 2.57. The smallest absolute Gasteiger partial charge is 0.271 e. The van der Waals surface area contributed by atoms with Gasteiger partial charge in [-0.15, -0.1) is 0 Å². The lowest BCUT2D eigenvalue weighted by Gasteiger charge is -2.20. The Morgan fingerprint density at radius 2 is 2.43 bits per heavy atom. The van der Waals surface area contributed by atoms with Gasteiger partial charge in [-0.3, -0.25) is 20.2 Å². The molecule has 1 aliphatic rings. The molecule has 0 radical (unpaired) electrons. The van der Waals surface area contributed by atoms with E-state index in [0.29, 0.717) is 6.67 Å². The van der Waals surface area contributed by atoms with Crippen LogP contribution in [0.25, 0.3) is 0 Å². The minimum absolute atomic E-state index is 0.183. The predicted molar refractivity (Wildman–Crippen MR) is 50.9 cm³/mol. The van der Waals surface area contributed by atoms with Crippen molar-refractivity contribution in [3.05, 3.63) is 23.6 Å². The summed E-state index contributed by atoms with van der Waals surface area (Å²) in [6, 6.07) is 0. The summed E-state index contributed by atoms with van der Waals surface area (Å²) in [4.78, 5) is 25.1. The normalized spacial score (nSPS) is 13.1. The highest BCUT2D eigenvalue weighted by Gasteiger charge is 2.07. The van der Waals surface area contributed by atoms with Gasteiger partial charge in [0, 0.05) is 12.4 Å². The molecule has 0 saturated heterocycles. The fourth-order valence-corrected chi connectivity index (χ4v) is 0.806. The lowest BCUT2D eigenvalue weighted by molar-refractivity contribution is -0.121. The second kappa shape index (κ2) is 4.82. The molecule has 1 rings (SSSR count). The second-order valence-corrected chi connectivity index (χ2v) is 2.58. The zero-order valence-electron chi connectivity index (χ0n) is 7.65. The van der Waals surface area contributed by atoms with Gasteiger partial charge in [-0.2, -0.15) is 0 Å². The third-order valence-corrected chi connectivity index (χ3v) is 1.52. The number of aliphatic imine (C=N–C) groups is 1. The molecule has 0 fully saturated rings. The van der Waals surface area contributed by atoms with Crippen LogP contribution < -0.4 is 5.43 Å². The zero-order valence-corrected chi connectivity index (χ0v) is 7.65. The lowest BCUT2D eigenvalue weighted by atomic mass is 10.3. The molecule has 0 aromatic heterocycles. The predicted octanol–water partition coefficient (Wildman–Crippen LogP) is -0.192. The van der Waals surface area contributed by atoms with Crippen LogP contribution in [0.2, 0.25) is 0 Å². The van der Waals surface area contributed by atoms with E-state index in [0.717, 1.165) is 0 Å². The molecule has 0 unspecified atom stereocenters. The molecule has 1 aliphatic heterocycles. The van der Waals surface area contributed by atoms with E-state index >= 15 is 0 Å². The van der Waals surface area contributed by atoms with Crippen LogP contribution in [0.4, 0.5) is 0 Å². The first-order chi connectivity index (χ1) is 6.74. The fourth-order valence-electron chi connectivity index (χ4n) is 0.806. The van der Waals surface area contributed by atoms with Gasteiger partial charge in [0.05, 0.1) is 5.57 Å². The van der Waals surface area contributed by atoms with Crippen LogP contribution in [-0.2, 0) is 9.59 Å². The number of hydrogen-bond donors (Lipinski definition) is 1. The number of hydrazine groups is 1. The summed E-state index contributed by atoms with van der Waals surface area (Å²) in [7, 11) is 0. The van der Waals surface area contributed by atoms with Gasteiger partial charge in [-0.1, -0.05) is 0 Å². The minimum atomic E-state index is -0.393. The molecule has 1 amide bonds. The average molecular weight is 191 g/mol. The maximum Gasteiger partial charge on any atom is 0.274 e. The van der Waals surface area contributed by atoms with Gasteiger partial charge in [-0.05, 0) is 18.7 Å². The van der Waals surface area contributed by atoms with Crippen LogP contribution in [0.15, 0.2) is 28.6 Å². The molecule has 1 heterocycles. The third kappa shape index (κ3) is 2.75. The van der Waals surface area contributed by atoms with Crippen molar-refractivity contribution >= 4 is 18.1 Å². The van der Waals surface area contributed by atoms with Crippen molar-refractivity contribution in [2.45, 2.75) is 6.92 Å². The van der Waals surface area contributed by atoms with Crippen LogP contribution in [-0.4, -0.2) is 29.7 Å². The molecule has 0 spiro atoms. The average Bonchev–Trinajstić information content (AvgIpc) is 2.19. The molecular formula is C9H9N3O2. The van der Waals surface area contributed by atoms with Gasteiger partial charge in [0.1, 0.15) is 6.67 Å². The number of nitrogens with zero attached hydrogens (tertiary/aromatic N) is 2. The second-order valence-electron chi connectivity index (χ2n) is 2.58. The van der Waals surface area contributed by atoms with Crippen LogP contribution in [0.1, 0.15) is 6.92 Å². The van der Waals surface area contributed by atoms with Gasteiger partial charge >= 0.3 is 0 Å². The number of rotatable bonds is 2. The Morgan fingerprint density at radius 1 is 1.64 bits per heavy atom. The third-order valence-electron chi connectivity index (χ3n) is 1.52. The highest BCUT2D eigenvalue weighted by Crippen LogP contribution is 1.94. The van der Waals surface area contributed by atoms with Crippen LogP contribution in [0.5, 0.6) is 0 Å². The number of carbonyl (C=O) groups excluding carboxylic acids is 2. The number of allylic oxidation sites excluding steroid dienone is 1. The number of nitrogens with one attached hydrogen (secondary N) is 1. The van der Waals surface area contributed by atoms with E-state index in [4.69, 9.17) is 0 Å². The van der Waals surface area contributed by atoms with Crippen LogP contribution in [0.3, 0.4) is 0 Å². The number of hydrogen-bond acceptors (Lipinski definition) is 4. The standard InChI is InChI=1S/C9H9N3O2/c1-8(3-6-13)9(14)11-12-5-2-4-10-7-12/h2,4-5H,7H2,1H3,(H,11,14). The SMILES string of the molecule is CC(=C=C=O)C(=O)NN1C=CC=NC1. The van der Waals surface area contributed by atoms with Gasteiger partial charge in [0.2, 0.25) is 0 Å². The first-order valence-electron chi connectivity index (χ1n) is 3.95. The van der Waals surface area contributed by atoms with E-state index in [2.05, 4.69) is 16.1 Å². The van der Waals surface area contributed by atoms with Crippen molar-refractivity contribution in [3.8, 4) is 0 Å². The quantitative estimate of drug-likeness (QED) is 0.374.